The topological polar surface area (TPSA) is 80.7 Å². The fraction of sp³-hybridized carbons (Fsp3) is 0.462. The van der Waals surface area contributed by atoms with Gasteiger partial charge in [0.2, 0.25) is 0 Å². The van der Waals surface area contributed by atoms with E-state index in [-0.39, 0.29) is 5.75 Å². The fourth-order valence-electron chi connectivity index (χ4n) is 1.74. The van der Waals surface area contributed by atoms with E-state index in [1.807, 2.05) is 0 Å². The second kappa shape index (κ2) is 6.15. The number of sulfone groups is 1. The molecule has 0 saturated carbocycles. The van der Waals surface area contributed by atoms with Crippen molar-refractivity contribution in [1.29, 1.82) is 0 Å². The van der Waals surface area contributed by atoms with Crippen LogP contribution in [0.2, 0.25) is 0 Å². The monoisotopic (exact) mass is 340 g/mol. The van der Waals surface area contributed by atoms with E-state index in [9.17, 15) is 26.4 Å². The average molecular weight is 340 g/mol. The summed E-state index contributed by atoms with van der Waals surface area (Å²) >= 11 is 0. The highest BCUT2D eigenvalue weighted by Crippen LogP contribution is 2.41. The number of halogens is 3. The molecule has 0 bridgehead atoms. The summed E-state index contributed by atoms with van der Waals surface area (Å²) in [5.41, 5.74) is -2.65. The van der Waals surface area contributed by atoms with Crippen molar-refractivity contribution < 1.29 is 36.2 Å². The smallest absolute Gasteiger partial charge is 0.420 e. The summed E-state index contributed by atoms with van der Waals surface area (Å²) < 4.78 is 68.1. The molecule has 0 amide bonds. The van der Waals surface area contributed by atoms with Gasteiger partial charge in [-0.15, -0.1) is 0 Å². The number of rotatable bonds is 5. The Labute approximate surface area is 125 Å². The number of carboxylic acid groups (broad SMARTS) is 1. The summed E-state index contributed by atoms with van der Waals surface area (Å²) in [4.78, 5) is 10.6. The molecule has 9 heteroatoms. The molecule has 124 valence electrons. The van der Waals surface area contributed by atoms with Crippen LogP contribution in [-0.4, -0.2) is 31.4 Å². The molecule has 0 spiro atoms. The molecule has 0 aromatic heterocycles. The van der Waals surface area contributed by atoms with Crippen LogP contribution in [0.15, 0.2) is 17.0 Å². The van der Waals surface area contributed by atoms with Crippen LogP contribution in [0.3, 0.4) is 0 Å². The fourth-order valence-corrected chi connectivity index (χ4v) is 2.66. The van der Waals surface area contributed by atoms with Gasteiger partial charge < -0.3 is 9.84 Å². The first-order chi connectivity index (χ1) is 9.90. The largest absolute Gasteiger partial charge is 0.490 e. The van der Waals surface area contributed by atoms with Crippen LogP contribution >= 0.6 is 0 Å². The molecule has 0 atom stereocenters. The van der Waals surface area contributed by atoms with Crippen LogP contribution in [0.25, 0.3) is 0 Å². The van der Waals surface area contributed by atoms with Gasteiger partial charge in [-0.1, -0.05) is 6.92 Å². The number of ether oxygens (including phenoxy) is 1. The third-order valence-electron chi connectivity index (χ3n) is 2.69. The van der Waals surface area contributed by atoms with Crippen molar-refractivity contribution >= 4 is 15.8 Å². The molecule has 22 heavy (non-hydrogen) atoms. The van der Waals surface area contributed by atoms with Crippen molar-refractivity contribution in [2.45, 2.75) is 37.9 Å². The van der Waals surface area contributed by atoms with E-state index >= 15 is 0 Å². The summed E-state index contributed by atoms with van der Waals surface area (Å²) in [5, 5.41) is 9.00. The number of benzene rings is 1. The van der Waals surface area contributed by atoms with Crippen molar-refractivity contribution in [3.05, 3.63) is 23.3 Å². The lowest BCUT2D eigenvalue weighted by molar-refractivity contribution is -0.139. The molecule has 1 aromatic carbocycles. The highest BCUT2D eigenvalue weighted by atomic mass is 32.2. The molecule has 5 nitrogen and oxygen atoms in total. The summed E-state index contributed by atoms with van der Waals surface area (Å²) in [5.74, 6) is -3.07. The van der Waals surface area contributed by atoms with Gasteiger partial charge in [-0.2, -0.15) is 13.2 Å². The van der Waals surface area contributed by atoms with Crippen LogP contribution in [-0.2, 0) is 16.0 Å². The molecule has 0 aliphatic carbocycles. The first kappa shape index (κ1) is 18.3. The lowest BCUT2D eigenvalue weighted by Crippen LogP contribution is -2.19. The summed E-state index contributed by atoms with van der Waals surface area (Å²) in [6, 6.07) is 1.23. The highest BCUT2D eigenvalue weighted by Gasteiger charge is 2.40. The molecule has 0 saturated heterocycles. The molecule has 0 radical (unpaired) electrons. The van der Waals surface area contributed by atoms with Crippen molar-refractivity contribution in [3.8, 4) is 5.75 Å². The van der Waals surface area contributed by atoms with Gasteiger partial charge in [-0.05, 0) is 26.0 Å². The van der Waals surface area contributed by atoms with Crippen LogP contribution in [0.1, 0.15) is 36.7 Å². The predicted octanol–water partition coefficient (Wildman–Crippen LogP) is 2.98. The summed E-state index contributed by atoms with van der Waals surface area (Å²) in [6.07, 6.45) is -5.69. The maximum atomic E-state index is 13.1. The zero-order valence-corrected chi connectivity index (χ0v) is 12.9. The predicted molar refractivity (Wildman–Crippen MR) is 71.9 cm³/mol. The van der Waals surface area contributed by atoms with Crippen molar-refractivity contribution in [3.63, 3.8) is 0 Å². The normalized spacial score (nSPS) is 12.5. The van der Waals surface area contributed by atoms with E-state index < -0.39 is 49.9 Å². The Hall–Kier alpha value is -1.77. The van der Waals surface area contributed by atoms with Crippen LogP contribution < -0.4 is 4.74 Å². The minimum atomic E-state index is -4.99. The van der Waals surface area contributed by atoms with E-state index in [4.69, 9.17) is 9.84 Å². The van der Waals surface area contributed by atoms with Crippen molar-refractivity contribution in [2.24, 2.45) is 0 Å². The molecular formula is C13H15F3O5S. The molecule has 0 unspecified atom stereocenters. The lowest BCUT2D eigenvalue weighted by Gasteiger charge is -2.19. The van der Waals surface area contributed by atoms with Gasteiger partial charge in [0.15, 0.2) is 9.84 Å². The average Bonchev–Trinajstić information content (AvgIpc) is 2.35. The molecule has 1 aromatic rings. The SMILES string of the molecule is CCS(=O)(=O)c1cc(OC(C)C)c(C(F)(F)F)c(C(=O)O)c1. The maximum Gasteiger partial charge on any atom is 0.420 e. The van der Waals surface area contributed by atoms with Crippen LogP contribution in [0.4, 0.5) is 13.2 Å². The second-order valence-electron chi connectivity index (χ2n) is 4.72. The Morgan fingerprint density at radius 1 is 1.32 bits per heavy atom. The van der Waals surface area contributed by atoms with Crippen molar-refractivity contribution in [2.75, 3.05) is 5.75 Å². The second-order valence-corrected chi connectivity index (χ2v) is 7.00. The van der Waals surface area contributed by atoms with Crippen LogP contribution in [0.5, 0.6) is 5.75 Å². The summed E-state index contributed by atoms with van der Waals surface area (Å²) in [6.45, 7) is 4.19. The summed E-state index contributed by atoms with van der Waals surface area (Å²) in [7, 11) is -3.89. The van der Waals surface area contributed by atoms with Gasteiger partial charge in [0, 0.05) is 0 Å². The Kier molecular flexibility index (Phi) is 5.11. The standard InChI is InChI=1S/C13H15F3O5S/c1-4-22(19,20)8-5-9(12(17)18)11(13(14,15)16)10(6-8)21-7(2)3/h5-7H,4H2,1-3H3,(H,17,18). The highest BCUT2D eigenvalue weighted by molar-refractivity contribution is 7.91. The lowest BCUT2D eigenvalue weighted by atomic mass is 10.1. The van der Waals surface area contributed by atoms with Gasteiger partial charge >= 0.3 is 12.1 Å². The number of alkyl halides is 3. The Morgan fingerprint density at radius 3 is 2.23 bits per heavy atom. The van der Waals surface area contributed by atoms with Gasteiger partial charge in [-0.25, -0.2) is 13.2 Å². The first-order valence-corrected chi connectivity index (χ1v) is 7.93. The Bertz CT molecular complexity index is 678. The van der Waals surface area contributed by atoms with Gasteiger partial charge in [-0.3, -0.25) is 0 Å². The zero-order chi connectivity index (χ0) is 17.3. The van der Waals surface area contributed by atoms with Crippen LogP contribution in [0, 0.1) is 0 Å². The zero-order valence-electron chi connectivity index (χ0n) is 12.1. The van der Waals surface area contributed by atoms with E-state index in [2.05, 4.69) is 0 Å². The quantitative estimate of drug-likeness (QED) is 0.891. The van der Waals surface area contributed by atoms with Gasteiger partial charge in [0.25, 0.3) is 0 Å². The number of carbonyl (C=O) groups is 1. The van der Waals surface area contributed by atoms with E-state index in [1.54, 1.807) is 0 Å². The number of aromatic carboxylic acids is 1. The Morgan fingerprint density at radius 2 is 1.86 bits per heavy atom. The van der Waals surface area contributed by atoms with Gasteiger partial charge in [0.1, 0.15) is 11.3 Å². The number of hydrogen-bond acceptors (Lipinski definition) is 4. The first-order valence-electron chi connectivity index (χ1n) is 6.28. The molecular weight excluding hydrogens is 325 g/mol. The van der Waals surface area contributed by atoms with E-state index in [0.717, 1.165) is 0 Å². The Balaban J connectivity index is 3.79. The maximum absolute atomic E-state index is 13.1. The van der Waals surface area contributed by atoms with Gasteiger partial charge in [0.05, 0.1) is 22.3 Å². The molecule has 1 N–H and O–H groups in total. The minimum absolute atomic E-state index is 0.376. The molecule has 0 aliphatic rings. The number of carboxylic acids is 1. The molecule has 0 heterocycles. The number of hydrogen-bond donors (Lipinski definition) is 1. The third kappa shape index (κ3) is 3.90. The molecule has 1 rings (SSSR count). The third-order valence-corrected chi connectivity index (χ3v) is 4.41. The van der Waals surface area contributed by atoms with Crippen molar-refractivity contribution in [1.82, 2.24) is 0 Å². The van der Waals surface area contributed by atoms with E-state index in [1.165, 1.54) is 20.8 Å². The van der Waals surface area contributed by atoms with E-state index in [0.29, 0.717) is 12.1 Å². The molecule has 0 fully saturated rings. The molecule has 0 aliphatic heterocycles. The minimum Gasteiger partial charge on any atom is -0.490 e.